The van der Waals surface area contributed by atoms with Gasteiger partial charge in [-0.1, -0.05) is 23.2 Å². The Morgan fingerprint density at radius 1 is 1.21 bits per heavy atom. The highest BCUT2D eigenvalue weighted by Gasteiger charge is 2.24. The minimum absolute atomic E-state index is 0.0499. The maximum Gasteiger partial charge on any atom is 0.321 e. The quantitative estimate of drug-likeness (QED) is 0.895. The fourth-order valence-electron chi connectivity index (χ4n) is 2.47. The van der Waals surface area contributed by atoms with Gasteiger partial charge >= 0.3 is 6.03 Å². The number of nitrogens with zero attached hydrogens (tertiary/aromatic N) is 3. The molecule has 1 fully saturated rings. The first-order chi connectivity index (χ1) is 11.6. The highest BCUT2D eigenvalue weighted by Crippen LogP contribution is 2.25. The molecule has 1 aliphatic rings. The molecule has 2 amide bonds. The first-order valence-corrected chi connectivity index (χ1v) is 8.31. The molecular weight excluding hydrogens is 351 g/mol. The van der Waals surface area contributed by atoms with E-state index in [0.29, 0.717) is 34.7 Å². The molecule has 2 aromatic rings. The standard InChI is InChI=1S/C16H16Cl2N4O2/c17-13-2-1-11(9-14(13)18)21-16(23)22-7-4-12(5-8-22)24-15-3-6-19-10-20-15/h1-3,6,9-10,12H,4-5,7-8H2,(H,21,23). The summed E-state index contributed by atoms with van der Waals surface area (Å²) in [5.74, 6) is 0.559. The van der Waals surface area contributed by atoms with Gasteiger partial charge in [0.2, 0.25) is 5.88 Å². The van der Waals surface area contributed by atoms with Crippen molar-refractivity contribution in [3.05, 3.63) is 46.8 Å². The van der Waals surface area contributed by atoms with Crippen molar-refractivity contribution in [1.29, 1.82) is 0 Å². The van der Waals surface area contributed by atoms with Crippen molar-refractivity contribution in [2.45, 2.75) is 18.9 Å². The number of rotatable bonds is 3. The molecule has 6 nitrogen and oxygen atoms in total. The van der Waals surface area contributed by atoms with Crippen LogP contribution in [0.25, 0.3) is 0 Å². The first kappa shape index (κ1) is 16.8. The van der Waals surface area contributed by atoms with Crippen molar-refractivity contribution < 1.29 is 9.53 Å². The highest BCUT2D eigenvalue weighted by molar-refractivity contribution is 6.42. The van der Waals surface area contributed by atoms with Crippen LogP contribution in [-0.2, 0) is 0 Å². The molecule has 0 radical (unpaired) electrons. The molecular formula is C16H16Cl2N4O2. The van der Waals surface area contributed by atoms with Crippen LogP contribution in [0.15, 0.2) is 36.8 Å². The Hall–Kier alpha value is -2.05. The predicted octanol–water partition coefficient (Wildman–Crippen LogP) is 3.86. The first-order valence-electron chi connectivity index (χ1n) is 7.55. The minimum Gasteiger partial charge on any atom is -0.474 e. The fourth-order valence-corrected chi connectivity index (χ4v) is 2.77. The Balaban J connectivity index is 1.50. The Morgan fingerprint density at radius 2 is 2.00 bits per heavy atom. The SMILES string of the molecule is O=C(Nc1ccc(Cl)c(Cl)c1)N1CCC(Oc2ccncn2)CC1. The number of piperidine rings is 1. The molecule has 24 heavy (non-hydrogen) atoms. The second kappa shape index (κ2) is 7.68. The van der Waals surface area contributed by atoms with E-state index in [9.17, 15) is 4.79 Å². The van der Waals surface area contributed by atoms with Crippen LogP contribution in [0.2, 0.25) is 10.0 Å². The van der Waals surface area contributed by atoms with E-state index < -0.39 is 0 Å². The number of nitrogens with one attached hydrogen (secondary N) is 1. The lowest BCUT2D eigenvalue weighted by molar-refractivity contribution is 0.111. The number of aromatic nitrogens is 2. The largest absolute Gasteiger partial charge is 0.474 e. The lowest BCUT2D eigenvalue weighted by Gasteiger charge is -2.31. The van der Waals surface area contributed by atoms with Crippen molar-refractivity contribution in [3.63, 3.8) is 0 Å². The summed E-state index contributed by atoms with van der Waals surface area (Å²) in [6.45, 7) is 1.23. The third-order valence-electron chi connectivity index (χ3n) is 3.74. The van der Waals surface area contributed by atoms with Crippen LogP contribution in [0.1, 0.15) is 12.8 Å². The molecule has 2 heterocycles. The number of halogens is 2. The van der Waals surface area contributed by atoms with Crippen molar-refractivity contribution in [2.24, 2.45) is 0 Å². The minimum atomic E-state index is -0.158. The van der Waals surface area contributed by atoms with Crippen LogP contribution in [0.4, 0.5) is 10.5 Å². The number of hydrogen-bond acceptors (Lipinski definition) is 4. The van der Waals surface area contributed by atoms with Gasteiger partial charge in [-0.15, -0.1) is 0 Å². The van der Waals surface area contributed by atoms with Crippen molar-refractivity contribution in [1.82, 2.24) is 14.9 Å². The van der Waals surface area contributed by atoms with E-state index in [-0.39, 0.29) is 12.1 Å². The highest BCUT2D eigenvalue weighted by atomic mass is 35.5. The van der Waals surface area contributed by atoms with Gasteiger partial charge in [-0.2, -0.15) is 0 Å². The maximum absolute atomic E-state index is 12.3. The van der Waals surface area contributed by atoms with Gasteiger partial charge in [-0.3, -0.25) is 0 Å². The van der Waals surface area contributed by atoms with E-state index in [4.69, 9.17) is 27.9 Å². The number of ether oxygens (including phenoxy) is 1. The van der Waals surface area contributed by atoms with Crippen LogP contribution in [0, 0.1) is 0 Å². The summed E-state index contributed by atoms with van der Waals surface area (Å²) in [5, 5.41) is 3.69. The van der Waals surface area contributed by atoms with Crippen LogP contribution >= 0.6 is 23.2 Å². The van der Waals surface area contributed by atoms with Crippen LogP contribution in [-0.4, -0.2) is 40.1 Å². The van der Waals surface area contributed by atoms with Crippen molar-refractivity contribution in [3.8, 4) is 5.88 Å². The van der Waals surface area contributed by atoms with E-state index in [1.807, 2.05) is 0 Å². The molecule has 0 atom stereocenters. The molecule has 0 unspecified atom stereocenters. The van der Waals surface area contributed by atoms with Crippen molar-refractivity contribution >= 4 is 34.9 Å². The number of carbonyl (C=O) groups excluding carboxylic acids is 1. The van der Waals surface area contributed by atoms with E-state index in [2.05, 4.69) is 15.3 Å². The molecule has 8 heteroatoms. The number of carbonyl (C=O) groups is 1. The average molecular weight is 367 g/mol. The van der Waals surface area contributed by atoms with E-state index in [1.165, 1.54) is 6.33 Å². The second-order valence-electron chi connectivity index (χ2n) is 5.41. The Kier molecular flexibility index (Phi) is 5.37. The summed E-state index contributed by atoms with van der Waals surface area (Å²) in [5.41, 5.74) is 0.619. The summed E-state index contributed by atoms with van der Waals surface area (Å²) >= 11 is 11.8. The number of amides is 2. The molecule has 0 bridgehead atoms. The zero-order valence-corrected chi connectivity index (χ0v) is 14.3. The zero-order valence-electron chi connectivity index (χ0n) is 12.8. The molecule has 0 saturated carbocycles. The summed E-state index contributed by atoms with van der Waals surface area (Å²) < 4.78 is 5.79. The summed E-state index contributed by atoms with van der Waals surface area (Å²) in [4.78, 5) is 22.0. The van der Waals surface area contributed by atoms with Gasteiger partial charge in [0.15, 0.2) is 0 Å². The monoisotopic (exact) mass is 366 g/mol. The van der Waals surface area contributed by atoms with Gasteiger partial charge < -0.3 is 15.0 Å². The number of urea groups is 1. The molecule has 3 rings (SSSR count). The van der Waals surface area contributed by atoms with Crippen LogP contribution in [0.5, 0.6) is 5.88 Å². The summed E-state index contributed by atoms with van der Waals surface area (Å²) in [6, 6.07) is 6.57. The molecule has 0 aliphatic carbocycles. The molecule has 1 aromatic carbocycles. The molecule has 126 valence electrons. The van der Waals surface area contributed by atoms with Gasteiger partial charge in [0.1, 0.15) is 12.4 Å². The van der Waals surface area contributed by atoms with Gasteiger partial charge in [-0.25, -0.2) is 14.8 Å². The van der Waals surface area contributed by atoms with E-state index in [1.54, 1.807) is 35.4 Å². The van der Waals surface area contributed by atoms with E-state index in [0.717, 1.165) is 12.8 Å². The number of anilines is 1. The number of benzene rings is 1. The number of likely N-dealkylation sites (tertiary alicyclic amines) is 1. The topological polar surface area (TPSA) is 67.4 Å². The molecule has 1 N–H and O–H groups in total. The predicted molar refractivity (Wildman–Crippen MR) is 92.7 cm³/mol. The Morgan fingerprint density at radius 3 is 2.67 bits per heavy atom. The lowest BCUT2D eigenvalue weighted by atomic mass is 10.1. The van der Waals surface area contributed by atoms with Gasteiger partial charge in [-0.05, 0) is 18.2 Å². The lowest BCUT2D eigenvalue weighted by Crippen LogP contribution is -2.43. The van der Waals surface area contributed by atoms with Gasteiger partial charge in [0, 0.05) is 43.9 Å². The fraction of sp³-hybridized carbons (Fsp3) is 0.312. The average Bonchev–Trinajstić information content (AvgIpc) is 2.60. The maximum atomic E-state index is 12.3. The summed E-state index contributed by atoms with van der Waals surface area (Å²) in [7, 11) is 0. The van der Waals surface area contributed by atoms with E-state index >= 15 is 0 Å². The Bertz CT molecular complexity index is 706. The molecule has 0 spiro atoms. The van der Waals surface area contributed by atoms with Gasteiger partial charge in [0.25, 0.3) is 0 Å². The zero-order chi connectivity index (χ0) is 16.9. The third-order valence-corrected chi connectivity index (χ3v) is 4.48. The molecule has 1 saturated heterocycles. The van der Waals surface area contributed by atoms with Crippen molar-refractivity contribution in [2.75, 3.05) is 18.4 Å². The smallest absolute Gasteiger partial charge is 0.321 e. The third kappa shape index (κ3) is 4.27. The number of hydrogen-bond donors (Lipinski definition) is 1. The Labute approximate surface area is 149 Å². The summed E-state index contributed by atoms with van der Waals surface area (Å²) in [6.07, 6.45) is 4.64. The second-order valence-corrected chi connectivity index (χ2v) is 6.23. The molecule has 1 aromatic heterocycles. The molecule has 1 aliphatic heterocycles. The van der Waals surface area contributed by atoms with Crippen LogP contribution in [0.3, 0.4) is 0 Å². The van der Waals surface area contributed by atoms with Gasteiger partial charge in [0.05, 0.1) is 10.0 Å². The normalized spacial score (nSPS) is 15.2. The van der Waals surface area contributed by atoms with Crippen LogP contribution < -0.4 is 10.1 Å².